The van der Waals surface area contributed by atoms with Gasteiger partial charge in [0.25, 0.3) is 5.56 Å². The second-order valence-electron chi connectivity index (χ2n) is 6.86. The number of hydrogen-bond donors (Lipinski definition) is 0. The van der Waals surface area contributed by atoms with Gasteiger partial charge in [0.05, 0.1) is 27.4 Å². The van der Waals surface area contributed by atoms with Gasteiger partial charge in [-0.25, -0.2) is 14.2 Å². The lowest BCUT2D eigenvalue weighted by molar-refractivity contribution is -0.140. The molecule has 0 saturated heterocycles. The van der Waals surface area contributed by atoms with E-state index in [1.54, 1.807) is 13.0 Å². The number of ether oxygens (including phenoxy) is 2. The van der Waals surface area contributed by atoms with E-state index in [-0.39, 0.29) is 39.5 Å². The molecule has 6 nitrogen and oxygen atoms in total. The van der Waals surface area contributed by atoms with Gasteiger partial charge >= 0.3 is 5.97 Å². The minimum atomic E-state index is -0.695. The van der Waals surface area contributed by atoms with Crippen molar-refractivity contribution in [2.45, 2.75) is 13.0 Å². The fraction of sp³-hybridized carbons (Fsp3) is 0.227. The van der Waals surface area contributed by atoms with Crippen molar-refractivity contribution in [2.75, 3.05) is 20.3 Å². The number of aromatic nitrogens is 1. The Morgan fingerprint density at radius 3 is 2.81 bits per heavy atom. The number of halogens is 2. The number of carbonyl (C=O) groups is 1. The Morgan fingerprint density at radius 1 is 1.31 bits per heavy atom. The third-order valence-electron chi connectivity index (χ3n) is 4.85. The molecule has 3 aromatic rings. The first kappa shape index (κ1) is 22.6. The Hall–Kier alpha value is -2.59. The smallest absolute Gasteiger partial charge is 0.338 e. The zero-order chi connectivity index (χ0) is 22.8. The molecular weight excluding hydrogens is 475 g/mol. The van der Waals surface area contributed by atoms with Gasteiger partial charge in [-0.3, -0.25) is 9.36 Å². The SMILES string of the molecule is COCCOC(=O)C1=C(C)N=c2s/c(=C/c3c(F)cccc3Cl)c(=O)n2[C@@H]1c1cccs1. The van der Waals surface area contributed by atoms with Crippen LogP contribution in [0.25, 0.3) is 6.08 Å². The minimum Gasteiger partial charge on any atom is -0.460 e. The largest absolute Gasteiger partial charge is 0.460 e. The lowest BCUT2D eigenvalue weighted by atomic mass is 10.0. The zero-order valence-electron chi connectivity index (χ0n) is 17.1. The zero-order valence-corrected chi connectivity index (χ0v) is 19.5. The van der Waals surface area contributed by atoms with Gasteiger partial charge in [0, 0.05) is 17.6 Å². The van der Waals surface area contributed by atoms with Crippen molar-refractivity contribution in [1.82, 2.24) is 4.57 Å². The second-order valence-corrected chi connectivity index (χ2v) is 9.26. The average Bonchev–Trinajstić information content (AvgIpc) is 3.39. The number of thiazole rings is 1. The lowest BCUT2D eigenvalue weighted by Gasteiger charge is -2.23. The first-order chi connectivity index (χ1) is 15.4. The minimum absolute atomic E-state index is 0.0828. The van der Waals surface area contributed by atoms with Crippen LogP contribution in [0.5, 0.6) is 0 Å². The van der Waals surface area contributed by atoms with Crippen molar-refractivity contribution in [2.24, 2.45) is 4.99 Å². The van der Waals surface area contributed by atoms with Crippen LogP contribution in [0, 0.1) is 5.82 Å². The topological polar surface area (TPSA) is 69.9 Å². The van der Waals surface area contributed by atoms with Crippen molar-refractivity contribution < 1.29 is 18.7 Å². The Labute approximate surface area is 195 Å². The maximum Gasteiger partial charge on any atom is 0.338 e. The number of carbonyl (C=O) groups excluding carboxylic acids is 1. The van der Waals surface area contributed by atoms with E-state index in [9.17, 15) is 14.0 Å². The molecule has 1 aromatic carbocycles. The summed E-state index contributed by atoms with van der Waals surface area (Å²) in [5, 5.41) is 2.07. The van der Waals surface area contributed by atoms with Crippen LogP contribution < -0.4 is 14.9 Å². The molecule has 32 heavy (non-hydrogen) atoms. The number of hydrogen-bond acceptors (Lipinski definition) is 7. The molecule has 166 valence electrons. The Kier molecular flexibility index (Phi) is 6.71. The number of methoxy groups -OCH3 is 1. The molecule has 3 heterocycles. The van der Waals surface area contributed by atoms with E-state index < -0.39 is 17.8 Å². The van der Waals surface area contributed by atoms with E-state index in [0.717, 1.165) is 16.2 Å². The molecule has 0 spiro atoms. The Bertz CT molecular complexity index is 1360. The fourth-order valence-electron chi connectivity index (χ4n) is 3.37. The van der Waals surface area contributed by atoms with Gasteiger partial charge in [-0.1, -0.05) is 35.1 Å². The van der Waals surface area contributed by atoms with Gasteiger partial charge in [-0.15, -0.1) is 11.3 Å². The highest BCUT2D eigenvalue weighted by Crippen LogP contribution is 2.33. The summed E-state index contributed by atoms with van der Waals surface area (Å²) in [4.78, 5) is 32.0. The molecule has 0 radical (unpaired) electrons. The average molecular weight is 493 g/mol. The first-order valence-corrected chi connectivity index (χ1v) is 11.7. The molecule has 0 fully saturated rings. The van der Waals surface area contributed by atoms with Crippen LogP contribution in [0.3, 0.4) is 0 Å². The molecule has 0 bridgehead atoms. The first-order valence-electron chi connectivity index (χ1n) is 9.58. The van der Waals surface area contributed by atoms with Gasteiger partial charge < -0.3 is 9.47 Å². The summed E-state index contributed by atoms with van der Waals surface area (Å²) in [5.41, 5.74) is 0.483. The molecule has 0 aliphatic carbocycles. The molecule has 4 rings (SSSR count). The highest BCUT2D eigenvalue weighted by atomic mass is 35.5. The molecule has 0 N–H and O–H groups in total. The normalized spacial score (nSPS) is 16.1. The van der Waals surface area contributed by atoms with E-state index in [2.05, 4.69) is 4.99 Å². The van der Waals surface area contributed by atoms with Gasteiger partial charge in [0.15, 0.2) is 4.80 Å². The van der Waals surface area contributed by atoms with Crippen LogP contribution in [-0.4, -0.2) is 30.9 Å². The summed E-state index contributed by atoms with van der Waals surface area (Å²) in [6.07, 6.45) is 1.42. The molecule has 1 atom stereocenters. The summed E-state index contributed by atoms with van der Waals surface area (Å²) in [5.74, 6) is -1.09. The van der Waals surface area contributed by atoms with Gasteiger partial charge in [0.2, 0.25) is 0 Å². The molecule has 0 amide bonds. The van der Waals surface area contributed by atoms with Gasteiger partial charge in [0.1, 0.15) is 18.5 Å². The van der Waals surface area contributed by atoms with Gasteiger partial charge in [-0.2, -0.15) is 0 Å². The predicted octanol–water partition coefficient (Wildman–Crippen LogP) is 3.28. The Morgan fingerprint density at radius 2 is 2.12 bits per heavy atom. The van der Waals surface area contributed by atoms with Gasteiger partial charge in [-0.05, 0) is 36.6 Å². The molecule has 0 unspecified atom stereocenters. The maximum absolute atomic E-state index is 14.3. The molecule has 1 aliphatic rings. The van der Waals surface area contributed by atoms with Crippen LogP contribution in [0.1, 0.15) is 23.4 Å². The summed E-state index contributed by atoms with van der Waals surface area (Å²) in [6.45, 7) is 2.04. The summed E-state index contributed by atoms with van der Waals surface area (Å²) < 4.78 is 26.3. The van der Waals surface area contributed by atoms with E-state index >= 15 is 0 Å². The number of thiophene rings is 1. The quantitative estimate of drug-likeness (QED) is 0.391. The van der Waals surface area contributed by atoms with Crippen LogP contribution in [-0.2, 0) is 14.3 Å². The van der Waals surface area contributed by atoms with Crippen molar-refractivity contribution in [3.8, 4) is 0 Å². The van der Waals surface area contributed by atoms with Crippen molar-refractivity contribution >= 4 is 46.3 Å². The van der Waals surface area contributed by atoms with E-state index in [0.29, 0.717) is 10.5 Å². The van der Waals surface area contributed by atoms with E-state index in [1.807, 2.05) is 17.5 Å². The van der Waals surface area contributed by atoms with Crippen molar-refractivity contribution in [3.05, 3.63) is 88.0 Å². The maximum atomic E-state index is 14.3. The molecule has 10 heteroatoms. The van der Waals surface area contributed by atoms with E-state index in [4.69, 9.17) is 21.1 Å². The Balaban J connectivity index is 1.89. The lowest BCUT2D eigenvalue weighted by Crippen LogP contribution is -2.39. The van der Waals surface area contributed by atoms with Crippen LogP contribution in [0.4, 0.5) is 4.39 Å². The van der Waals surface area contributed by atoms with Crippen LogP contribution in [0.2, 0.25) is 5.02 Å². The third kappa shape index (κ3) is 4.21. The second kappa shape index (κ2) is 9.50. The fourth-order valence-corrected chi connectivity index (χ4v) is 5.44. The summed E-state index contributed by atoms with van der Waals surface area (Å²) >= 11 is 8.67. The van der Waals surface area contributed by atoms with Crippen molar-refractivity contribution in [1.29, 1.82) is 0 Å². The molecule has 0 saturated carbocycles. The number of fused-ring (bicyclic) bond motifs is 1. The third-order valence-corrected chi connectivity index (χ3v) is 7.09. The highest BCUT2D eigenvalue weighted by Gasteiger charge is 2.34. The molecular formula is C22H18ClFN2O4S2. The number of nitrogens with zero attached hydrogens (tertiary/aromatic N) is 2. The number of esters is 1. The van der Waals surface area contributed by atoms with Crippen LogP contribution in [0.15, 0.2) is 56.8 Å². The van der Waals surface area contributed by atoms with E-state index in [1.165, 1.54) is 41.2 Å². The summed E-state index contributed by atoms with van der Waals surface area (Å²) in [6, 6.07) is 7.33. The predicted molar refractivity (Wildman–Crippen MR) is 122 cm³/mol. The number of rotatable bonds is 6. The summed E-state index contributed by atoms with van der Waals surface area (Å²) in [7, 11) is 1.51. The number of allylic oxidation sites excluding steroid dienone is 1. The number of benzene rings is 1. The van der Waals surface area contributed by atoms with Crippen LogP contribution >= 0.6 is 34.3 Å². The standard InChI is InChI=1S/C22H18ClFN2O4S2/c1-12-18(21(28)30-9-8-29-2)19(16-7-4-10-31-16)26-20(27)17(32-22(26)25-12)11-13-14(23)5-3-6-15(13)24/h3-7,10-11,19H,8-9H2,1-2H3/b17-11+/t19-/m1/s1. The highest BCUT2D eigenvalue weighted by molar-refractivity contribution is 7.10. The molecule has 1 aliphatic heterocycles. The monoisotopic (exact) mass is 492 g/mol. The van der Waals surface area contributed by atoms with Crippen molar-refractivity contribution in [3.63, 3.8) is 0 Å². The molecule has 2 aromatic heterocycles.